The molecule has 0 aliphatic carbocycles. The normalized spacial score (nSPS) is 12.3. The smallest absolute Gasteiger partial charge is 0.172 e. The zero-order valence-electron chi connectivity index (χ0n) is 9.60. The molecule has 0 bridgehead atoms. The molecular formula is C12H13BrF2O2. The monoisotopic (exact) mass is 306 g/mol. The van der Waals surface area contributed by atoms with Crippen molar-refractivity contribution in [2.45, 2.75) is 20.3 Å². The minimum absolute atomic E-state index is 0.108. The number of ether oxygens (including phenoxy) is 1. The van der Waals surface area contributed by atoms with Gasteiger partial charge in [-0.25, -0.2) is 8.78 Å². The number of Topliss-reactive ketones (excluding diaryl/α,β-unsaturated/α-hetero) is 1. The summed E-state index contributed by atoms with van der Waals surface area (Å²) in [6.07, 6.45) is 0.704. The van der Waals surface area contributed by atoms with E-state index >= 15 is 0 Å². The average Bonchev–Trinajstić information content (AvgIpc) is 2.26. The summed E-state index contributed by atoms with van der Waals surface area (Å²) in [7, 11) is 0. The lowest BCUT2D eigenvalue weighted by Crippen LogP contribution is -2.19. The SMILES string of the molecule is CCC(C)C(=O)COc1c(F)cc(F)cc1Br. The highest BCUT2D eigenvalue weighted by molar-refractivity contribution is 9.10. The number of rotatable bonds is 5. The quantitative estimate of drug-likeness (QED) is 0.828. The van der Waals surface area contributed by atoms with Crippen LogP contribution in [0.1, 0.15) is 20.3 Å². The Kier molecular flexibility index (Phi) is 5.05. The van der Waals surface area contributed by atoms with Crippen LogP contribution in [0.5, 0.6) is 5.75 Å². The van der Waals surface area contributed by atoms with E-state index in [1.165, 1.54) is 0 Å². The van der Waals surface area contributed by atoms with E-state index in [4.69, 9.17) is 4.74 Å². The molecule has 0 N–H and O–H groups in total. The standard InChI is InChI=1S/C12H13BrF2O2/c1-3-7(2)11(16)6-17-12-9(13)4-8(14)5-10(12)15/h4-5,7H,3,6H2,1-2H3. The van der Waals surface area contributed by atoms with Crippen LogP contribution < -0.4 is 4.74 Å². The Balaban J connectivity index is 2.73. The van der Waals surface area contributed by atoms with Gasteiger partial charge in [-0.2, -0.15) is 0 Å². The molecule has 0 aliphatic heterocycles. The molecule has 1 atom stereocenters. The Labute approximate surface area is 107 Å². The molecule has 5 heteroatoms. The third kappa shape index (κ3) is 3.77. The van der Waals surface area contributed by atoms with E-state index in [1.54, 1.807) is 6.92 Å². The van der Waals surface area contributed by atoms with Crippen molar-refractivity contribution in [1.29, 1.82) is 0 Å². The highest BCUT2D eigenvalue weighted by atomic mass is 79.9. The van der Waals surface area contributed by atoms with E-state index in [0.717, 1.165) is 6.07 Å². The van der Waals surface area contributed by atoms with Gasteiger partial charge in [0.1, 0.15) is 12.4 Å². The fraction of sp³-hybridized carbons (Fsp3) is 0.417. The molecule has 0 radical (unpaired) electrons. The predicted molar refractivity (Wildman–Crippen MR) is 64.0 cm³/mol. The highest BCUT2D eigenvalue weighted by Gasteiger charge is 2.15. The van der Waals surface area contributed by atoms with Gasteiger partial charge in [-0.15, -0.1) is 0 Å². The highest BCUT2D eigenvalue weighted by Crippen LogP contribution is 2.29. The average molecular weight is 307 g/mol. The largest absolute Gasteiger partial charge is 0.482 e. The lowest BCUT2D eigenvalue weighted by atomic mass is 10.1. The van der Waals surface area contributed by atoms with Gasteiger partial charge >= 0.3 is 0 Å². The third-order valence-corrected chi connectivity index (χ3v) is 3.07. The van der Waals surface area contributed by atoms with Crippen LogP contribution in [0.25, 0.3) is 0 Å². The van der Waals surface area contributed by atoms with Gasteiger partial charge in [0, 0.05) is 12.0 Å². The van der Waals surface area contributed by atoms with E-state index in [1.807, 2.05) is 6.92 Å². The summed E-state index contributed by atoms with van der Waals surface area (Å²) in [5.41, 5.74) is 0. The van der Waals surface area contributed by atoms with E-state index in [9.17, 15) is 13.6 Å². The second-order valence-corrected chi connectivity index (χ2v) is 4.62. The Morgan fingerprint density at radius 1 is 1.47 bits per heavy atom. The number of halogens is 3. The summed E-state index contributed by atoms with van der Waals surface area (Å²) in [4.78, 5) is 11.5. The van der Waals surface area contributed by atoms with Crippen molar-refractivity contribution >= 4 is 21.7 Å². The summed E-state index contributed by atoms with van der Waals surface area (Å²) >= 11 is 2.99. The molecule has 17 heavy (non-hydrogen) atoms. The molecule has 1 rings (SSSR count). The molecule has 1 unspecified atom stereocenters. The molecule has 0 saturated carbocycles. The summed E-state index contributed by atoms with van der Waals surface area (Å²) in [5.74, 6) is -1.90. The van der Waals surface area contributed by atoms with E-state index in [2.05, 4.69) is 15.9 Å². The molecule has 0 aliphatic rings. The number of carbonyl (C=O) groups is 1. The van der Waals surface area contributed by atoms with Crippen molar-refractivity contribution in [3.63, 3.8) is 0 Å². The van der Waals surface area contributed by atoms with Crippen molar-refractivity contribution < 1.29 is 18.3 Å². The summed E-state index contributed by atoms with van der Waals surface area (Å²) in [5, 5.41) is 0. The van der Waals surface area contributed by atoms with Gasteiger partial charge < -0.3 is 4.74 Å². The molecule has 0 fully saturated rings. The number of hydrogen-bond acceptors (Lipinski definition) is 2. The van der Waals surface area contributed by atoms with Crippen LogP contribution in [0, 0.1) is 17.6 Å². The molecule has 1 aromatic rings. The minimum Gasteiger partial charge on any atom is -0.482 e. The van der Waals surface area contributed by atoms with Gasteiger partial charge in [0.05, 0.1) is 4.47 Å². The first-order chi connectivity index (χ1) is 7.95. The van der Waals surface area contributed by atoms with Crippen molar-refractivity contribution in [2.24, 2.45) is 5.92 Å². The maximum absolute atomic E-state index is 13.3. The first-order valence-corrected chi connectivity index (χ1v) is 6.05. The predicted octanol–water partition coefficient (Wildman–Crippen LogP) is 3.72. The van der Waals surface area contributed by atoms with Crippen LogP contribution in [-0.4, -0.2) is 12.4 Å². The summed E-state index contributed by atoms with van der Waals surface area (Å²) < 4.78 is 31.4. The zero-order chi connectivity index (χ0) is 13.0. The van der Waals surface area contributed by atoms with Gasteiger partial charge in [-0.3, -0.25) is 4.79 Å². The Morgan fingerprint density at radius 3 is 2.65 bits per heavy atom. The van der Waals surface area contributed by atoms with Crippen molar-refractivity contribution in [2.75, 3.05) is 6.61 Å². The van der Waals surface area contributed by atoms with Crippen molar-refractivity contribution in [1.82, 2.24) is 0 Å². The van der Waals surface area contributed by atoms with Crippen molar-refractivity contribution in [3.8, 4) is 5.75 Å². The Hall–Kier alpha value is -0.970. The fourth-order valence-electron chi connectivity index (χ4n) is 1.18. The van der Waals surface area contributed by atoms with E-state index < -0.39 is 11.6 Å². The van der Waals surface area contributed by atoms with Crippen LogP contribution in [0.3, 0.4) is 0 Å². The Morgan fingerprint density at radius 2 is 2.12 bits per heavy atom. The lowest BCUT2D eigenvalue weighted by Gasteiger charge is -2.11. The fourth-order valence-corrected chi connectivity index (χ4v) is 1.70. The van der Waals surface area contributed by atoms with Gasteiger partial charge in [-0.1, -0.05) is 13.8 Å². The van der Waals surface area contributed by atoms with Gasteiger partial charge in [0.2, 0.25) is 0 Å². The van der Waals surface area contributed by atoms with Crippen molar-refractivity contribution in [3.05, 3.63) is 28.2 Å². The first kappa shape index (κ1) is 14.1. The van der Waals surface area contributed by atoms with E-state index in [-0.39, 0.29) is 28.5 Å². The second-order valence-electron chi connectivity index (χ2n) is 3.76. The lowest BCUT2D eigenvalue weighted by molar-refractivity contribution is -0.124. The van der Waals surface area contributed by atoms with Crippen LogP contribution in [-0.2, 0) is 4.79 Å². The number of benzene rings is 1. The van der Waals surface area contributed by atoms with Gasteiger partial charge in [0.15, 0.2) is 17.3 Å². The molecule has 0 heterocycles. The summed E-state index contributed by atoms with van der Waals surface area (Å²) in [6, 6.07) is 1.81. The number of hydrogen-bond donors (Lipinski definition) is 0. The minimum atomic E-state index is -0.825. The topological polar surface area (TPSA) is 26.3 Å². The van der Waals surface area contributed by atoms with Crippen LogP contribution in [0.4, 0.5) is 8.78 Å². The van der Waals surface area contributed by atoms with Crippen LogP contribution in [0.2, 0.25) is 0 Å². The maximum Gasteiger partial charge on any atom is 0.172 e. The third-order valence-electron chi connectivity index (χ3n) is 2.48. The maximum atomic E-state index is 13.3. The van der Waals surface area contributed by atoms with Gasteiger partial charge in [-0.05, 0) is 28.4 Å². The number of carbonyl (C=O) groups excluding carboxylic acids is 1. The molecule has 0 aromatic heterocycles. The Bertz CT molecular complexity index is 398. The summed E-state index contributed by atoms with van der Waals surface area (Å²) in [6.45, 7) is 3.45. The molecule has 0 spiro atoms. The zero-order valence-corrected chi connectivity index (χ0v) is 11.2. The second kappa shape index (κ2) is 6.10. The molecule has 0 amide bonds. The molecule has 2 nitrogen and oxygen atoms in total. The number of ketones is 1. The van der Waals surface area contributed by atoms with Crippen LogP contribution in [0.15, 0.2) is 16.6 Å². The molecule has 1 aromatic carbocycles. The molecular weight excluding hydrogens is 294 g/mol. The van der Waals surface area contributed by atoms with E-state index in [0.29, 0.717) is 12.5 Å². The molecule has 94 valence electrons. The van der Waals surface area contributed by atoms with Gasteiger partial charge in [0.25, 0.3) is 0 Å². The van der Waals surface area contributed by atoms with Crippen LogP contribution >= 0.6 is 15.9 Å². The molecule has 0 saturated heterocycles. The first-order valence-electron chi connectivity index (χ1n) is 5.25.